The topological polar surface area (TPSA) is 92.9 Å². The summed E-state index contributed by atoms with van der Waals surface area (Å²) in [4.78, 5) is 25.6. The molecule has 0 amide bonds. The largest absolute Gasteiger partial charge is 0.394 e. The molecule has 2 atom stereocenters. The third kappa shape index (κ3) is 3.58. The van der Waals surface area contributed by atoms with Gasteiger partial charge in [-0.25, -0.2) is 0 Å². The fourth-order valence-corrected chi connectivity index (χ4v) is 3.07. The van der Waals surface area contributed by atoms with E-state index in [2.05, 4.69) is 0 Å². The van der Waals surface area contributed by atoms with Gasteiger partial charge in [0.15, 0.2) is 5.78 Å². The van der Waals surface area contributed by atoms with Crippen LogP contribution in [0.2, 0.25) is 0 Å². The van der Waals surface area contributed by atoms with Crippen LogP contribution in [0.3, 0.4) is 0 Å². The van der Waals surface area contributed by atoms with Crippen molar-refractivity contribution in [2.45, 2.75) is 19.1 Å². The van der Waals surface area contributed by atoms with Crippen LogP contribution in [0.15, 0.2) is 48.5 Å². The molecule has 3 rings (SSSR count). The first-order valence-corrected chi connectivity index (χ1v) is 8.38. The van der Waals surface area contributed by atoms with Gasteiger partial charge in [-0.1, -0.05) is 30.3 Å². The lowest BCUT2D eigenvalue weighted by Crippen LogP contribution is -2.49. The van der Waals surface area contributed by atoms with Crippen molar-refractivity contribution in [3.63, 3.8) is 0 Å². The molecule has 2 aromatic rings. The fourth-order valence-electron chi connectivity index (χ4n) is 3.07. The van der Waals surface area contributed by atoms with Gasteiger partial charge in [-0.05, 0) is 19.1 Å². The van der Waals surface area contributed by atoms with Gasteiger partial charge in [0.1, 0.15) is 5.69 Å². The van der Waals surface area contributed by atoms with Gasteiger partial charge in [-0.2, -0.15) is 0 Å². The third-order valence-corrected chi connectivity index (χ3v) is 4.49. The number of nitrogens with zero attached hydrogens (tertiary/aromatic N) is 2. The summed E-state index contributed by atoms with van der Waals surface area (Å²) in [5.41, 5.74) is 1.05. The normalized spacial score (nSPS) is 20.0. The number of aliphatic hydroxyl groups is 1. The molecule has 136 valence electrons. The molecule has 1 fully saturated rings. The number of nitro benzene ring substituents is 1. The number of rotatable bonds is 5. The Morgan fingerprint density at radius 3 is 2.65 bits per heavy atom. The van der Waals surface area contributed by atoms with Gasteiger partial charge in [0.25, 0.3) is 5.69 Å². The Hall–Kier alpha value is -2.77. The Morgan fingerprint density at radius 2 is 2.00 bits per heavy atom. The van der Waals surface area contributed by atoms with Crippen molar-refractivity contribution in [3.8, 4) is 0 Å². The maximum Gasteiger partial charge on any atom is 0.293 e. The lowest BCUT2D eigenvalue weighted by molar-refractivity contribution is -0.384. The fraction of sp³-hybridized carbons (Fsp3) is 0.316. The van der Waals surface area contributed by atoms with E-state index >= 15 is 0 Å². The predicted octanol–water partition coefficient (Wildman–Crippen LogP) is 2.41. The van der Waals surface area contributed by atoms with Gasteiger partial charge in [-0.3, -0.25) is 14.9 Å². The van der Waals surface area contributed by atoms with E-state index in [-0.39, 0.29) is 29.7 Å². The summed E-state index contributed by atoms with van der Waals surface area (Å²) >= 11 is 0. The van der Waals surface area contributed by atoms with Crippen molar-refractivity contribution in [1.29, 1.82) is 0 Å². The van der Waals surface area contributed by atoms with Crippen LogP contribution in [0.1, 0.15) is 22.8 Å². The molecule has 2 aromatic carbocycles. The van der Waals surface area contributed by atoms with Gasteiger partial charge >= 0.3 is 0 Å². The van der Waals surface area contributed by atoms with Gasteiger partial charge in [0.05, 0.1) is 24.2 Å². The summed E-state index contributed by atoms with van der Waals surface area (Å²) in [6.07, 6.45) is -0.392. The molecule has 7 heteroatoms. The molecule has 1 N–H and O–H groups in total. The Bertz CT molecular complexity index is 809. The monoisotopic (exact) mass is 356 g/mol. The Kier molecular flexibility index (Phi) is 5.29. The molecule has 1 heterocycles. The van der Waals surface area contributed by atoms with Crippen LogP contribution in [0.5, 0.6) is 0 Å². The molecule has 1 saturated heterocycles. The number of morpholine rings is 1. The highest BCUT2D eigenvalue weighted by molar-refractivity contribution is 6.09. The van der Waals surface area contributed by atoms with E-state index in [0.29, 0.717) is 24.4 Å². The number of hydrogen-bond donors (Lipinski definition) is 1. The molecule has 7 nitrogen and oxygen atoms in total. The average Bonchev–Trinajstić information content (AvgIpc) is 2.68. The molecule has 0 spiro atoms. The molecular weight excluding hydrogens is 336 g/mol. The molecule has 0 saturated carbocycles. The Morgan fingerprint density at radius 1 is 1.27 bits per heavy atom. The summed E-state index contributed by atoms with van der Waals surface area (Å²) < 4.78 is 5.50. The minimum Gasteiger partial charge on any atom is -0.394 e. The smallest absolute Gasteiger partial charge is 0.293 e. The van der Waals surface area contributed by atoms with E-state index in [1.807, 2.05) is 11.8 Å². The van der Waals surface area contributed by atoms with E-state index < -0.39 is 11.0 Å². The van der Waals surface area contributed by atoms with Gasteiger partial charge in [0.2, 0.25) is 0 Å². The van der Waals surface area contributed by atoms with Gasteiger partial charge in [0, 0.05) is 29.8 Å². The van der Waals surface area contributed by atoms with Crippen molar-refractivity contribution in [2.75, 3.05) is 24.7 Å². The van der Waals surface area contributed by atoms with Crippen LogP contribution >= 0.6 is 0 Å². The first kappa shape index (κ1) is 18.0. The zero-order valence-corrected chi connectivity index (χ0v) is 14.4. The lowest BCUT2D eigenvalue weighted by atomic mass is 10.0. The van der Waals surface area contributed by atoms with E-state index in [1.165, 1.54) is 6.07 Å². The van der Waals surface area contributed by atoms with Crippen LogP contribution in [0, 0.1) is 10.1 Å². The Labute approximate surface area is 151 Å². The maximum atomic E-state index is 12.6. The van der Waals surface area contributed by atoms with Gasteiger partial charge < -0.3 is 14.7 Å². The summed E-state index contributed by atoms with van der Waals surface area (Å²) in [6, 6.07) is 13.1. The van der Waals surface area contributed by atoms with E-state index in [0.717, 1.165) is 0 Å². The molecule has 0 bridgehead atoms. The third-order valence-electron chi connectivity index (χ3n) is 4.49. The summed E-state index contributed by atoms with van der Waals surface area (Å²) in [5.74, 6) is -0.261. The zero-order chi connectivity index (χ0) is 18.7. The molecule has 0 aliphatic carbocycles. The van der Waals surface area contributed by atoms with Crippen molar-refractivity contribution >= 4 is 17.2 Å². The summed E-state index contributed by atoms with van der Waals surface area (Å²) in [7, 11) is 0. The van der Waals surface area contributed by atoms with Crippen LogP contribution in [-0.2, 0) is 4.74 Å². The van der Waals surface area contributed by atoms with Crippen LogP contribution in [0.25, 0.3) is 0 Å². The molecule has 1 aliphatic rings. The lowest BCUT2D eigenvalue weighted by Gasteiger charge is -2.38. The number of ketones is 1. The van der Waals surface area contributed by atoms with Gasteiger partial charge in [-0.15, -0.1) is 0 Å². The number of anilines is 1. The number of carbonyl (C=O) groups excluding carboxylic acids is 1. The summed E-state index contributed by atoms with van der Waals surface area (Å²) in [6.45, 7) is 2.47. The predicted molar refractivity (Wildman–Crippen MR) is 96.6 cm³/mol. The molecule has 26 heavy (non-hydrogen) atoms. The Balaban J connectivity index is 1.97. The van der Waals surface area contributed by atoms with Crippen LogP contribution in [0.4, 0.5) is 11.4 Å². The van der Waals surface area contributed by atoms with Crippen molar-refractivity contribution in [1.82, 2.24) is 0 Å². The number of ether oxygens (including phenoxy) is 1. The number of benzene rings is 2. The molecular formula is C19H20N2O5. The second-order valence-electron chi connectivity index (χ2n) is 6.30. The molecule has 0 radical (unpaired) electrons. The SMILES string of the molecule is C[C@H]1CO[C@@H](CO)CN1c1ccc(C(=O)c2ccccc2)cc1[N+](=O)[O-]. The highest BCUT2D eigenvalue weighted by Gasteiger charge is 2.31. The number of nitro groups is 1. The van der Waals surface area contributed by atoms with Crippen molar-refractivity contribution in [3.05, 3.63) is 69.8 Å². The highest BCUT2D eigenvalue weighted by Crippen LogP contribution is 2.33. The zero-order valence-electron chi connectivity index (χ0n) is 14.4. The molecule has 0 unspecified atom stereocenters. The summed E-state index contributed by atoms with van der Waals surface area (Å²) in [5, 5.41) is 21.0. The quantitative estimate of drug-likeness (QED) is 0.502. The minimum absolute atomic E-state index is 0.0767. The standard InChI is InChI=1S/C19H20N2O5/c1-13-12-26-16(11-22)10-20(13)17-8-7-15(9-18(17)21(24)25)19(23)14-5-3-2-4-6-14/h2-9,13,16,22H,10-12H2,1H3/t13-,16+/m0/s1. The first-order chi connectivity index (χ1) is 12.5. The molecule has 1 aliphatic heterocycles. The van der Waals surface area contributed by atoms with Crippen LogP contribution in [-0.4, -0.2) is 47.7 Å². The highest BCUT2D eigenvalue weighted by atomic mass is 16.6. The first-order valence-electron chi connectivity index (χ1n) is 8.38. The van der Waals surface area contributed by atoms with E-state index in [1.54, 1.807) is 42.5 Å². The van der Waals surface area contributed by atoms with E-state index in [4.69, 9.17) is 4.74 Å². The van der Waals surface area contributed by atoms with Crippen molar-refractivity contribution in [2.24, 2.45) is 0 Å². The minimum atomic E-state index is -0.479. The van der Waals surface area contributed by atoms with Crippen molar-refractivity contribution < 1.29 is 19.6 Å². The average molecular weight is 356 g/mol. The van der Waals surface area contributed by atoms with E-state index in [9.17, 15) is 20.0 Å². The van der Waals surface area contributed by atoms with Crippen LogP contribution < -0.4 is 4.90 Å². The number of aliphatic hydroxyl groups excluding tert-OH is 1. The maximum absolute atomic E-state index is 12.6. The number of carbonyl (C=O) groups is 1. The second-order valence-corrected chi connectivity index (χ2v) is 6.30. The number of hydrogen-bond acceptors (Lipinski definition) is 6. The second kappa shape index (κ2) is 7.63. The molecule has 0 aromatic heterocycles.